The summed E-state index contributed by atoms with van der Waals surface area (Å²) in [6, 6.07) is 0.532. The minimum absolute atomic E-state index is 0.266. The van der Waals surface area contributed by atoms with Crippen molar-refractivity contribution in [3.8, 4) is 0 Å². The Balaban J connectivity index is 1.90. The molecule has 2 fully saturated rings. The molecule has 1 saturated carbocycles. The lowest BCUT2D eigenvalue weighted by Gasteiger charge is -2.16. The molecule has 62 valence electrons. The predicted octanol–water partition coefficient (Wildman–Crippen LogP) is 1.46. The third kappa shape index (κ3) is 1.39. The fourth-order valence-electron chi connectivity index (χ4n) is 2.35. The van der Waals surface area contributed by atoms with Crippen molar-refractivity contribution in [1.82, 2.24) is 5.32 Å². The molecular weight excluding hydrogens is 138 g/mol. The van der Waals surface area contributed by atoms with Gasteiger partial charge in [-0.2, -0.15) is 0 Å². The van der Waals surface area contributed by atoms with E-state index in [-0.39, 0.29) is 5.91 Å². The smallest absolute Gasteiger partial charge is 0.220 e. The SMILES string of the molecule is O=C1CCC(C2CCCC2)N1. The van der Waals surface area contributed by atoms with Crippen molar-refractivity contribution in [3.63, 3.8) is 0 Å². The van der Waals surface area contributed by atoms with Crippen LogP contribution in [-0.2, 0) is 4.79 Å². The Morgan fingerprint density at radius 1 is 1.18 bits per heavy atom. The lowest BCUT2D eigenvalue weighted by atomic mass is 9.97. The number of hydrogen-bond donors (Lipinski definition) is 1. The number of carbonyl (C=O) groups is 1. The standard InChI is InChI=1S/C9H15NO/c11-9-6-5-8(10-9)7-3-1-2-4-7/h7-8H,1-6H2,(H,10,11). The van der Waals surface area contributed by atoms with Crippen LogP contribution in [0.2, 0.25) is 0 Å². The topological polar surface area (TPSA) is 29.1 Å². The Hall–Kier alpha value is -0.530. The van der Waals surface area contributed by atoms with Crippen LogP contribution in [0.15, 0.2) is 0 Å². The van der Waals surface area contributed by atoms with Crippen molar-refractivity contribution in [2.75, 3.05) is 0 Å². The van der Waals surface area contributed by atoms with Gasteiger partial charge in [0.15, 0.2) is 0 Å². The quantitative estimate of drug-likeness (QED) is 0.607. The minimum Gasteiger partial charge on any atom is -0.353 e. The molecule has 1 amide bonds. The molecule has 1 heterocycles. The van der Waals surface area contributed by atoms with Crippen molar-refractivity contribution in [2.24, 2.45) is 5.92 Å². The van der Waals surface area contributed by atoms with Gasteiger partial charge < -0.3 is 5.32 Å². The van der Waals surface area contributed by atoms with Gasteiger partial charge in [-0.1, -0.05) is 12.8 Å². The van der Waals surface area contributed by atoms with Crippen LogP contribution in [0.25, 0.3) is 0 Å². The van der Waals surface area contributed by atoms with Crippen molar-refractivity contribution < 1.29 is 4.79 Å². The summed E-state index contributed by atoms with van der Waals surface area (Å²) in [5.74, 6) is 1.07. The van der Waals surface area contributed by atoms with Gasteiger partial charge in [0.1, 0.15) is 0 Å². The molecule has 2 rings (SSSR count). The first-order valence-electron chi connectivity index (χ1n) is 4.65. The monoisotopic (exact) mass is 153 g/mol. The highest BCUT2D eigenvalue weighted by molar-refractivity contribution is 5.78. The zero-order chi connectivity index (χ0) is 7.68. The third-order valence-corrected chi connectivity index (χ3v) is 3.00. The van der Waals surface area contributed by atoms with Crippen LogP contribution in [0.5, 0.6) is 0 Å². The number of hydrogen-bond acceptors (Lipinski definition) is 1. The minimum atomic E-state index is 0.266. The molecule has 0 aromatic rings. The summed E-state index contributed by atoms with van der Waals surface area (Å²) in [7, 11) is 0. The van der Waals surface area contributed by atoms with Gasteiger partial charge in [0.2, 0.25) is 5.91 Å². The van der Waals surface area contributed by atoms with Gasteiger partial charge in [-0.25, -0.2) is 0 Å². The fourth-order valence-corrected chi connectivity index (χ4v) is 2.35. The van der Waals surface area contributed by atoms with E-state index in [2.05, 4.69) is 5.32 Å². The largest absolute Gasteiger partial charge is 0.353 e. The molecule has 0 bridgehead atoms. The van der Waals surface area contributed by atoms with E-state index < -0.39 is 0 Å². The van der Waals surface area contributed by atoms with E-state index in [0.29, 0.717) is 6.04 Å². The maximum Gasteiger partial charge on any atom is 0.220 e. The summed E-state index contributed by atoms with van der Waals surface area (Å²) < 4.78 is 0. The first-order chi connectivity index (χ1) is 5.36. The number of nitrogens with one attached hydrogen (secondary N) is 1. The Morgan fingerprint density at radius 3 is 2.45 bits per heavy atom. The summed E-state index contributed by atoms with van der Waals surface area (Å²) in [4.78, 5) is 10.9. The van der Waals surface area contributed by atoms with Crippen LogP contribution in [0.4, 0.5) is 0 Å². The fraction of sp³-hybridized carbons (Fsp3) is 0.889. The Bertz CT molecular complexity index is 161. The Labute approximate surface area is 67.4 Å². The second kappa shape index (κ2) is 2.84. The molecule has 2 nitrogen and oxygen atoms in total. The summed E-state index contributed by atoms with van der Waals surface area (Å²) in [6.07, 6.45) is 7.27. The number of rotatable bonds is 1. The van der Waals surface area contributed by atoms with E-state index in [1.807, 2.05) is 0 Å². The predicted molar refractivity (Wildman–Crippen MR) is 43.1 cm³/mol. The first kappa shape index (κ1) is 7.14. The Morgan fingerprint density at radius 2 is 1.91 bits per heavy atom. The molecule has 2 aliphatic rings. The highest BCUT2D eigenvalue weighted by Crippen LogP contribution is 2.31. The summed E-state index contributed by atoms with van der Waals surface area (Å²) in [5, 5.41) is 3.06. The summed E-state index contributed by atoms with van der Waals surface area (Å²) in [5.41, 5.74) is 0. The van der Waals surface area contributed by atoms with Crippen LogP contribution in [0, 0.1) is 5.92 Å². The maximum atomic E-state index is 10.9. The zero-order valence-corrected chi connectivity index (χ0v) is 6.81. The van der Waals surface area contributed by atoms with Crippen molar-refractivity contribution >= 4 is 5.91 Å². The number of amides is 1. The van der Waals surface area contributed by atoms with Crippen LogP contribution < -0.4 is 5.32 Å². The van der Waals surface area contributed by atoms with Crippen molar-refractivity contribution in [3.05, 3.63) is 0 Å². The van der Waals surface area contributed by atoms with Crippen LogP contribution in [0.1, 0.15) is 38.5 Å². The van der Waals surface area contributed by atoms with Gasteiger partial charge >= 0.3 is 0 Å². The van der Waals surface area contributed by atoms with E-state index in [1.165, 1.54) is 25.7 Å². The molecule has 1 aliphatic carbocycles. The van der Waals surface area contributed by atoms with Crippen LogP contribution in [0.3, 0.4) is 0 Å². The molecule has 1 N–H and O–H groups in total. The van der Waals surface area contributed by atoms with Gasteiger partial charge in [0.05, 0.1) is 0 Å². The van der Waals surface area contributed by atoms with Gasteiger partial charge in [0, 0.05) is 12.5 Å². The van der Waals surface area contributed by atoms with Crippen molar-refractivity contribution in [2.45, 2.75) is 44.6 Å². The van der Waals surface area contributed by atoms with Gasteiger partial charge in [-0.15, -0.1) is 0 Å². The third-order valence-electron chi connectivity index (χ3n) is 3.00. The normalized spacial score (nSPS) is 32.7. The zero-order valence-electron chi connectivity index (χ0n) is 6.81. The molecule has 1 saturated heterocycles. The van der Waals surface area contributed by atoms with E-state index in [0.717, 1.165) is 18.8 Å². The maximum absolute atomic E-state index is 10.9. The average Bonchev–Trinajstić information content (AvgIpc) is 2.55. The van der Waals surface area contributed by atoms with Crippen LogP contribution >= 0.6 is 0 Å². The average molecular weight is 153 g/mol. The van der Waals surface area contributed by atoms with Gasteiger partial charge in [-0.05, 0) is 25.2 Å². The lowest BCUT2D eigenvalue weighted by Crippen LogP contribution is -2.31. The van der Waals surface area contributed by atoms with Crippen molar-refractivity contribution in [1.29, 1.82) is 0 Å². The second-order valence-corrected chi connectivity index (χ2v) is 3.76. The van der Waals surface area contributed by atoms with E-state index in [1.54, 1.807) is 0 Å². The highest BCUT2D eigenvalue weighted by atomic mass is 16.1. The number of carbonyl (C=O) groups excluding carboxylic acids is 1. The highest BCUT2D eigenvalue weighted by Gasteiger charge is 2.30. The van der Waals surface area contributed by atoms with E-state index in [9.17, 15) is 4.79 Å². The van der Waals surface area contributed by atoms with E-state index >= 15 is 0 Å². The molecule has 1 aliphatic heterocycles. The van der Waals surface area contributed by atoms with E-state index in [4.69, 9.17) is 0 Å². The molecule has 11 heavy (non-hydrogen) atoms. The molecule has 0 aromatic carbocycles. The van der Waals surface area contributed by atoms with Gasteiger partial charge in [0.25, 0.3) is 0 Å². The van der Waals surface area contributed by atoms with Gasteiger partial charge in [-0.3, -0.25) is 4.79 Å². The first-order valence-corrected chi connectivity index (χ1v) is 4.65. The Kier molecular flexibility index (Phi) is 1.84. The molecule has 0 radical (unpaired) electrons. The summed E-state index contributed by atoms with van der Waals surface area (Å²) in [6.45, 7) is 0. The molecule has 1 atom stereocenters. The molecule has 0 spiro atoms. The van der Waals surface area contributed by atoms with Crippen LogP contribution in [-0.4, -0.2) is 11.9 Å². The molecule has 2 heteroatoms. The summed E-state index contributed by atoms with van der Waals surface area (Å²) >= 11 is 0. The second-order valence-electron chi connectivity index (χ2n) is 3.76. The molecule has 0 aromatic heterocycles. The molecular formula is C9H15NO. The lowest BCUT2D eigenvalue weighted by molar-refractivity contribution is -0.119. The molecule has 1 unspecified atom stereocenters.